The van der Waals surface area contributed by atoms with Gasteiger partial charge in [0, 0.05) is 0 Å². The van der Waals surface area contributed by atoms with Crippen molar-refractivity contribution in [2.45, 2.75) is 0 Å². The largest absolute Gasteiger partial charge is 0.192 e. The molecule has 0 N–H and O–H groups in total. The smallest absolute Gasteiger partial charge is 0.145 e. The molecule has 0 amide bonds. The standard InChI is InChI=1S/C26H18N2P/c27-19-21-11-10-18-26(25(21)20-28)29(22-12-4-1-5-13-22,23-14-6-2-7-15-23)24-16-8-3-9-17-24/h1-18H/q+1. The van der Waals surface area contributed by atoms with E-state index in [1.54, 1.807) is 6.07 Å². The third-order valence-corrected chi connectivity index (χ3v) is 9.38. The second kappa shape index (κ2) is 8.12. The van der Waals surface area contributed by atoms with Crippen molar-refractivity contribution in [2.75, 3.05) is 0 Å². The van der Waals surface area contributed by atoms with Crippen LogP contribution in [0.1, 0.15) is 11.1 Å². The number of benzene rings is 4. The molecule has 0 fully saturated rings. The number of nitrogens with zero attached hydrogens (tertiary/aromatic N) is 2. The zero-order valence-corrected chi connectivity index (χ0v) is 16.6. The van der Waals surface area contributed by atoms with Crippen LogP contribution in [0.2, 0.25) is 0 Å². The molecule has 3 heteroatoms. The van der Waals surface area contributed by atoms with Crippen molar-refractivity contribution in [1.82, 2.24) is 0 Å². The fourth-order valence-corrected chi connectivity index (χ4v) is 8.25. The zero-order valence-electron chi connectivity index (χ0n) is 15.7. The lowest BCUT2D eigenvalue weighted by atomic mass is 10.1. The molecule has 0 saturated heterocycles. The molecule has 0 bridgehead atoms. The van der Waals surface area contributed by atoms with Gasteiger partial charge in [-0.1, -0.05) is 60.7 Å². The van der Waals surface area contributed by atoms with E-state index < -0.39 is 7.26 Å². The van der Waals surface area contributed by atoms with Crippen molar-refractivity contribution < 1.29 is 0 Å². The Morgan fingerprint density at radius 1 is 0.483 bits per heavy atom. The first-order valence-corrected chi connectivity index (χ1v) is 11.1. The van der Waals surface area contributed by atoms with Gasteiger partial charge in [-0.25, -0.2) is 0 Å². The second-order valence-electron chi connectivity index (χ2n) is 6.60. The van der Waals surface area contributed by atoms with Crippen LogP contribution in [0.4, 0.5) is 0 Å². The van der Waals surface area contributed by atoms with E-state index >= 15 is 0 Å². The van der Waals surface area contributed by atoms with Gasteiger partial charge in [-0.15, -0.1) is 0 Å². The molecule has 0 unspecified atom stereocenters. The maximum atomic E-state index is 10.1. The maximum Gasteiger partial charge on any atom is 0.145 e. The Balaban J connectivity index is 2.23. The monoisotopic (exact) mass is 389 g/mol. The van der Waals surface area contributed by atoms with Crippen LogP contribution >= 0.6 is 7.26 Å². The Bertz CT molecular complexity index is 1110. The Morgan fingerprint density at radius 3 is 1.31 bits per heavy atom. The molecule has 136 valence electrons. The van der Waals surface area contributed by atoms with Crippen LogP contribution in [0.15, 0.2) is 109 Å². The van der Waals surface area contributed by atoms with Gasteiger partial charge in [0.2, 0.25) is 0 Å². The summed E-state index contributed by atoms with van der Waals surface area (Å²) in [6.07, 6.45) is 0. The number of hydrogen-bond donors (Lipinski definition) is 0. The third kappa shape index (κ3) is 3.11. The fraction of sp³-hybridized carbons (Fsp3) is 0. The van der Waals surface area contributed by atoms with E-state index in [0.717, 1.165) is 21.2 Å². The van der Waals surface area contributed by atoms with Crippen molar-refractivity contribution >= 4 is 28.5 Å². The van der Waals surface area contributed by atoms with E-state index in [1.165, 1.54) is 0 Å². The van der Waals surface area contributed by atoms with E-state index in [-0.39, 0.29) is 0 Å². The summed E-state index contributed by atoms with van der Waals surface area (Å²) in [5.74, 6) is 0. The zero-order chi connectivity index (χ0) is 20.1. The minimum absolute atomic E-state index is 0.414. The topological polar surface area (TPSA) is 47.6 Å². The van der Waals surface area contributed by atoms with Crippen LogP contribution < -0.4 is 21.2 Å². The Hall–Kier alpha value is -3.71. The normalized spacial score (nSPS) is 10.7. The van der Waals surface area contributed by atoms with Crippen molar-refractivity contribution in [3.05, 3.63) is 120 Å². The molecular weight excluding hydrogens is 371 g/mol. The lowest BCUT2D eigenvalue weighted by Crippen LogP contribution is -2.40. The van der Waals surface area contributed by atoms with Crippen molar-refractivity contribution in [3.63, 3.8) is 0 Å². The predicted octanol–water partition coefficient (Wildman–Crippen LogP) is 4.05. The lowest BCUT2D eigenvalue weighted by molar-refractivity contribution is 1.44. The summed E-state index contributed by atoms with van der Waals surface area (Å²) in [7, 11) is -2.37. The molecular formula is C26H18N2P+. The Kier molecular flexibility index (Phi) is 5.22. The van der Waals surface area contributed by atoms with Gasteiger partial charge in [-0.3, -0.25) is 0 Å². The van der Waals surface area contributed by atoms with E-state index in [9.17, 15) is 10.5 Å². The van der Waals surface area contributed by atoms with Crippen LogP contribution in [0.25, 0.3) is 0 Å². The van der Waals surface area contributed by atoms with Crippen molar-refractivity contribution in [2.24, 2.45) is 0 Å². The first-order valence-electron chi connectivity index (χ1n) is 9.32. The lowest BCUT2D eigenvalue weighted by Gasteiger charge is -2.28. The molecule has 0 atom stereocenters. The van der Waals surface area contributed by atoms with Crippen LogP contribution in [0, 0.1) is 22.7 Å². The van der Waals surface area contributed by atoms with Gasteiger partial charge in [0.25, 0.3) is 0 Å². The van der Waals surface area contributed by atoms with Crippen LogP contribution in [-0.2, 0) is 0 Å². The van der Waals surface area contributed by atoms with E-state index in [1.807, 2.05) is 66.7 Å². The van der Waals surface area contributed by atoms with Crippen molar-refractivity contribution in [1.29, 1.82) is 10.5 Å². The highest BCUT2D eigenvalue weighted by molar-refractivity contribution is 8.01. The highest BCUT2D eigenvalue weighted by Crippen LogP contribution is 2.55. The Labute approximate surface area is 171 Å². The first kappa shape index (κ1) is 18.6. The summed E-state index contributed by atoms with van der Waals surface area (Å²) >= 11 is 0. The molecule has 0 aliphatic rings. The molecule has 29 heavy (non-hydrogen) atoms. The van der Waals surface area contributed by atoms with Gasteiger partial charge >= 0.3 is 0 Å². The third-order valence-electron chi connectivity index (χ3n) is 5.07. The van der Waals surface area contributed by atoms with E-state index in [2.05, 4.69) is 48.5 Å². The summed E-state index contributed by atoms with van der Waals surface area (Å²) in [6, 6.07) is 41.2. The molecule has 4 rings (SSSR count). The molecule has 0 heterocycles. The number of nitriles is 2. The average Bonchev–Trinajstić information content (AvgIpc) is 2.81. The minimum atomic E-state index is -2.37. The molecule has 0 spiro atoms. The Morgan fingerprint density at radius 2 is 0.931 bits per heavy atom. The average molecular weight is 389 g/mol. The SMILES string of the molecule is N#Cc1cccc([P+](c2ccccc2)(c2ccccc2)c2ccccc2)c1C#N. The summed E-state index contributed by atoms with van der Waals surface area (Å²) in [4.78, 5) is 0. The first-order chi connectivity index (χ1) is 14.3. The summed E-state index contributed by atoms with van der Waals surface area (Å²) < 4.78 is 0. The maximum absolute atomic E-state index is 10.1. The molecule has 4 aromatic carbocycles. The molecule has 0 aliphatic carbocycles. The van der Waals surface area contributed by atoms with Gasteiger partial charge in [-0.2, -0.15) is 10.5 Å². The minimum Gasteiger partial charge on any atom is -0.192 e. The van der Waals surface area contributed by atoms with Crippen LogP contribution in [-0.4, -0.2) is 0 Å². The predicted molar refractivity (Wildman–Crippen MR) is 121 cm³/mol. The molecule has 0 radical (unpaired) electrons. The van der Waals surface area contributed by atoms with Crippen LogP contribution in [0.3, 0.4) is 0 Å². The summed E-state index contributed by atoms with van der Waals surface area (Å²) in [5.41, 5.74) is 0.872. The fourth-order valence-electron chi connectivity index (χ4n) is 3.85. The van der Waals surface area contributed by atoms with Gasteiger partial charge in [0.1, 0.15) is 46.2 Å². The summed E-state index contributed by atoms with van der Waals surface area (Å²) in [5, 5.41) is 24.1. The quantitative estimate of drug-likeness (QED) is 0.495. The molecule has 0 aromatic heterocycles. The van der Waals surface area contributed by atoms with Crippen LogP contribution in [0.5, 0.6) is 0 Å². The van der Waals surface area contributed by atoms with Gasteiger partial charge in [-0.05, 0) is 48.5 Å². The van der Waals surface area contributed by atoms with Gasteiger partial charge in [0.15, 0.2) is 0 Å². The van der Waals surface area contributed by atoms with Crippen molar-refractivity contribution in [3.8, 4) is 12.1 Å². The summed E-state index contributed by atoms with van der Waals surface area (Å²) in [6.45, 7) is 0. The number of hydrogen-bond acceptors (Lipinski definition) is 2. The highest BCUT2D eigenvalue weighted by Gasteiger charge is 2.49. The van der Waals surface area contributed by atoms with Gasteiger partial charge in [0.05, 0.1) is 5.56 Å². The second-order valence-corrected chi connectivity index (χ2v) is 9.97. The van der Waals surface area contributed by atoms with Gasteiger partial charge < -0.3 is 0 Å². The number of rotatable bonds is 4. The molecule has 0 aliphatic heterocycles. The molecule has 4 aromatic rings. The molecule has 2 nitrogen and oxygen atoms in total. The highest BCUT2D eigenvalue weighted by atomic mass is 31.2. The van der Waals surface area contributed by atoms with E-state index in [0.29, 0.717) is 11.1 Å². The van der Waals surface area contributed by atoms with E-state index in [4.69, 9.17) is 0 Å². The molecule has 0 saturated carbocycles.